The van der Waals surface area contributed by atoms with E-state index in [1.807, 2.05) is 0 Å². The molecule has 6 nitrogen and oxygen atoms in total. The van der Waals surface area contributed by atoms with E-state index < -0.39 is 17.9 Å². The number of hydrogen-bond acceptors (Lipinski definition) is 6. The highest BCUT2D eigenvalue weighted by Gasteiger charge is 2.21. The predicted octanol–water partition coefficient (Wildman–Crippen LogP) is 6.57. The number of hydrogen-bond donors (Lipinski definition) is 0. The molecule has 0 aliphatic heterocycles. The Morgan fingerprint density at radius 3 is 2.47 bits per heavy atom. The van der Waals surface area contributed by atoms with Crippen LogP contribution in [0.15, 0.2) is 59.9 Å². The number of carbonyl (C=O) groups is 2. The van der Waals surface area contributed by atoms with Crippen molar-refractivity contribution in [2.75, 3.05) is 0 Å². The van der Waals surface area contributed by atoms with Gasteiger partial charge in [-0.15, -0.1) is 0 Å². The predicted molar refractivity (Wildman–Crippen MR) is 125 cm³/mol. The zero-order chi connectivity index (χ0) is 23.3. The van der Waals surface area contributed by atoms with Gasteiger partial charge < -0.3 is 9.47 Å². The van der Waals surface area contributed by atoms with Crippen molar-refractivity contribution in [1.29, 1.82) is 0 Å². The van der Waals surface area contributed by atoms with Crippen molar-refractivity contribution >= 4 is 58.6 Å². The Hall–Kier alpha value is -2.93. The first-order chi connectivity index (χ1) is 15.2. The van der Waals surface area contributed by atoms with Crippen molar-refractivity contribution in [3.63, 3.8) is 0 Å². The number of aromatic nitrogens is 1. The van der Waals surface area contributed by atoms with Crippen LogP contribution in [0.3, 0.4) is 0 Å². The van der Waals surface area contributed by atoms with E-state index in [0.29, 0.717) is 21.3 Å². The number of nitrogens with zero attached hydrogens (tertiary/aromatic N) is 2. The van der Waals surface area contributed by atoms with Crippen LogP contribution < -0.4 is 9.47 Å². The summed E-state index contributed by atoms with van der Waals surface area (Å²) in [6.45, 7) is 3.36. The van der Waals surface area contributed by atoms with Crippen LogP contribution in [0.25, 0.3) is 0 Å². The number of halogens is 3. The van der Waals surface area contributed by atoms with E-state index >= 15 is 0 Å². The Balaban J connectivity index is 2.04. The molecule has 164 valence electrons. The lowest BCUT2D eigenvalue weighted by atomic mass is 10.1. The van der Waals surface area contributed by atoms with Crippen LogP contribution >= 0.6 is 34.8 Å². The Morgan fingerprint density at radius 1 is 1.03 bits per heavy atom. The molecule has 3 aromatic rings. The van der Waals surface area contributed by atoms with Crippen LogP contribution in [0, 0.1) is 5.92 Å². The van der Waals surface area contributed by atoms with Gasteiger partial charge in [-0.3, -0.25) is 14.8 Å². The van der Waals surface area contributed by atoms with Crippen LogP contribution in [0.1, 0.15) is 29.8 Å². The van der Waals surface area contributed by atoms with Gasteiger partial charge in [-0.1, -0.05) is 48.7 Å². The zero-order valence-corrected chi connectivity index (χ0v) is 19.3. The first-order valence-corrected chi connectivity index (χ1v) is 10.5. The molecular weight excluding hydrogens is 475 g/mol. The summed E-state index contributed by atoms with van der Waals surface area (Å²) in [5.41, 5.74) is 0.967. The second-order valence-electron chi connectivity index (χ2n) is 6.88. The molecule has 0 bridgehead atoms. The summed E-state index contributed by atoms with van der Waals surface area (Å²) < 4.78 is 11.0. The van der Waals surface area contributed by atoms with E-state index in [1.165, 1.54) is 30.7 Å². The van der Waals surface area contributed by atoms with E-state index in [0.717, 1.165) is 0 Å². The average molecular weight is 492 g/mol. The number of rotatable bonds is 6. The van der Waals surface area contributed by atoms with Gasteiger partial charge in [0.2, 0.25) is 0 Å². The maximum atomic E-state index is 12.6. The molecule has 0 spiro atoms. The normalized spacial score (nSPS) is 11.1. The largest absolute Gasteiger partial charge is 0.422 e. The lowest BCUT2D eigenvalue weighted by Gasteiger charge is -2.15. The maximum absolute atomic E-state index is 12.6. The number of ether oxygens (including phenoxy) is 2. The summed E-state index contributed by atoms with van der Waals surface area (Å²) >= 11 is 18.3. The standard InChI is InChI=1S/C23H17Cl3N2O4/c1-13(2)22(29)32-21-15(12-28-19-6-5-16(24)9-18(19)26)8-17(25)10-20(21)31-23(30)14-4-3-7-27-11-14/h3-13H,1-2H3. The quantitative estimate of drug-likeness (QED) is 0.221. The van der Waals surface area contributed by atoms with Gasteiger partial charge in [-0.2, -0.15) is 0 Å². The van der Waals surface area contributed by atoms with Gasteiger partial charge in [-0.25, -0.2) is 4.79 Å². The van der Waals surface area contributed by atoms with Crippen LogP contribution in [0.2, 0.25) is 15.1 Å². The van der Waals surface area contributed by atoms with E-state index in [1.54, 1.807) is 44.2 Å². The minimum absolute atomic E-state index is 0.000763. The number of carbonyl (C=O) groups excluding carboxylic acids is 2. The lowest BCUT2D eigenvalue weighted by Crippen LogP contribution is -2.17. The summed E-state index contributed by atoms with van der Waals surface area (Å²) in [5, 5.41) is 1.04. The highest BCUT2D eigenvalue weighted by atomic mass is 35.5. The molecule has 0 saturated heterocycles. The van der Waals surface area contributed by atoms with Gasteiger partial charge in [0.1, 0.15) is 0 Å². The van der Waals surface area contributed by atoms with Crippen molar-refractivity contribution in [2.24, 2.45) is 10.9 Å². The first kappa shape index (κ1) is 23.7. The average Bonchev–Trinajstić information content (AvgIpc) is 2.75. The molecule has 0 aliphatic carbocycles. The molecule has 0 N–H and O–H groups in total. The molecular formula is C23H17Cl3N2O4. The molecule has 9 heteroatoms. The van der Waals surface area contributed by atoms with Gasteiger partial charge >= 0.3 is 11.9 Å². The number of esters is 2. The molecule has 0 radical (unpaired) electrons. The molecule has 0 atom stereocenters. The third-order valence-corrected chi connectivity index (χ3v) is 4.83. The minimum Gasteiger partial charge on any atom is -0.422 e. The fourth-order valence-electron chi connectivity index (χ4n) is 2.46. The molecule has 0 fully saturated rings. The van der Waals surface area contributed by atoms with Crippen LogP contribution in [-0.4, -0.2) is 23.1 Å². The third kappa shape index (κ3) is 6.07. The molecule has 0 saturated carbocycles. The SMILES string of the molecule is CC(C)C(=O)Oc1c(C=Nc2ccc(Cl)cc2Cl)cc(Cl)cc1OC(=O)c1cccnc1. The van der Waals surface area contributed by atoms with Crippen molar-refractivity contribution in [2.45, 2.75) is 13.8 Å². The molecule has 32 heavy (non-hydrogen) atoms. The monoisotopic (exact) mass is 490 g/mol. The number of pyridine rings is 1. The lowest BCUT2D eigenvalue weighted by molar-refractivity contribution is -0.137. The van der Waals surface area contributed by atoms with E-state index in [9.17, 15) is 9.59 Å². The van der Waals surface area contributed by atoms with Gasteiger partial charge in [-0.05, 0) is 36.4 Å². The van der Waals surface area contributed by atoms with E-state index in [-0.39, 0.29) is 22.1 Å². The van der Waals surface area contributed by atoms with Crippen molar-refractivity contribution < 1.29 is 19.1 Å². The van der Waals surface area contributed by atoms with E-state index in [4.69, 9.17) is 44.3 Å². The summed E-state index contributed by atoms with van der Waals surface area (Å²) in [5.74, 6) is -1.68. The van der Waals surface area contributed by atoms with Crippen LogP contribution in [0.4, 0.5) is 5.69 Å². The first-order valence-electron chi connectivity index (χ1n) is 9.41. The highest BCUT2D eigenvalue weighted by molar-refractivity contribution is 6.36. The van der Waals surface area contributed by atoms with Gasteiger partial charge in [0.25, 0.3) is 0 Å². The maximum Gasteiger partial charge on any atom is 0.345 e. The van der Waals surface area contributed by atoms with E-state index in [2.05, 4.69) is 9.98 Å². The highest BCUT2D eigenvalue weighted by Crippen LogP contribution is 2.36. The molecule has 3 rings (SSSR count). The van der Waals surface area contributed by atoms with Crippen molar-refractivity contribution in [3.05, 3.63) is 81.1 Å². The third-order valence-electron chi connectivity index (χ3n) is 4.07. The second-order valence-corrected chi connectivity index (χ2v) is 8.16. The molecule has 0 aliphatic rings. The summed E-state index contributed by atoms with van der Waals surface area (Å²) in [6, 6.07) is 10.9. The molecule has 0 amide bonds. The molecule has 2 aromatic carbocycles. The number of aliphatic imine (C=N–C) groups is 1. The summed E-state index contributed by atoms with van der Waals surface area (Å²) in [4.78, 5) is 33.1. The smallest absolute Gasteiger partial charge is 0.345 e. The zero-order valence-electron chi connectivity index (χ0n) is 17.0. The van der Waals surface area contributed by atoms with Crippen molar-refractivity contribution in [3.8, 4) is 11.5 Å². The minimum atomic E-state index is -0.689. The Morgan fingerprint density at radius 2 is 1.81 bits per heavy atom. The van der Waals surface area contributed by atoms with Crippen molar-refractivity contribution in [1.82, 2.24) is 4.98 Å². The molecule has 0 unspecified atom stereocenters. The topological polar surface area (TPSA) is 77.9 Å². The summed E-state index contributed by atoms with van der Waals surface area (Å²) in [7, 11) is 0. The fourth-order valence-corrected chi connectivity index (χ4v) is 3.13. The number of benzene rings is 2. The molecule has 1 aromatic heterocycles. The van der Waals surface area contributed by atoms with Crippen LogP contribution in [0.5, 0.6) is 11.5 Å². The Bertz CT molecular complexity index is 1180. The van der Waals surface area contributed by atoms with Gasteiger partial charge in [0, 0.05) is 40.3 Å². The second kappa shape index (κ2) is 10.6. The Labute approximate surface area is 199 Å². The van der Waals surface area contributed by atoms with Gasteiger partial charge in [0.05, 0.1) is 22.2 Å². The van der Waals surface area contributed by atoms with Crippen LogP contribution in [-0.2, 0) is 4.79 Å². The fraction of sp³-hybridized carbons (Fsp3) is 0.130. The van der Waals surface area contributed by atoms with Gasteiger partial charge in [0.15, 0.2) is 11.5 Å². The summed E-state index contributed by atoms with van der Waals surface area (Å²) in [6.07, 6.45) is 4.30. The Kier molecular flexibility index (Phi) is 7.85. The molecule has 1 heterocycles.